The van der Waals surface area contributed by atoms with Crippen LogP contribution in [0.4, 0.5) is 0 Å². The number of carbonyl (C=O) groups is 1. The van der Waals surface area contributed by atoms with E-state index in [1.165, 1.54) is 0 Å². The second-order valence-corrected chi connectivity index (χ2v) is 6.17. The number of Topliss-reactive ketones (excluding diaryl/α,β-unsaturated/α-hetero) is 1. The molecule has 5 heteroatoms. The monoisotopic (exact) mass is 326 g/mol. The van der Waals surface area contributed by atoms with Crippen LogP contribution in [0, 0.1) is 0 Å². The Bertz CT molecular complexity index is 796. The average molecular weight is 326 g/mol. The van der Waals surface area contributed by atoms with Gasteiger partial charge in [0.25, 0.3) is 0 Å². The largest absolute Gasteiger partial charge is 0.491 e. The van der Waals surface area contributed by atoms with Crippen LogP contribution in [0.3, 0.4) is 0 Å². The third kappa shape index (κ3) is 2.66. The number of hydrogen-bond donors (Lipinski definition) is 0. The van der Waals surface area contributed by atoms with Crippen LogP contribution in [-0.2, 0) is 0 Å². The molecule has 2 aromatic rings. The minimum atomic E-state index is -0.323. The lowest BCUT2D eigenvalue weighted by Gasteiger charge is -2.26. The molecule has 2 heterocycles. The predicted octanol–water partition coefficient (Wildman–Crippen LogP) is 3.91. The van der Waals surface area contributed by atoms with Crippen molar-refractivity contribution in [1.82, 2.24) is 0 Å². The second-order valence-electron chi connectivity index (χ2n) is 6.17. The summed E-state index contributed by atoms with van der Waals surface area (Å²) in [7, 11) is 0. The summed E-state index contributed by atoms with van der Waals surface area (Å²) in [5.74, 6) is 2.73. The number of ketones is 1. The zero-order valence-electron chi connectivity index (χ0n) is 13.6. The molecule has 0 aliphatic carbocycles. The van der Waals surface area contributed by atoms with Crippen molar-refractivity contribution in [2.24, 2.45) is 0 Å². The molecule has 4 rings (SSSR count). The summed E-state index contributed by atoms with van der Waals surface area (Å²) < 4.78 is 22.4. The third-order valence-electron chi connectivity index (χ3n) is 4.03. The fraction of sp³-hybridized carbons (Fsp3) is 0.316. The van der Waals surface area contributed by atoms with E-state index < -0.39 is 0 Å². The van der Waals surface area contributed by atoms with Crippen molar-refractivity contribution < 1.29 is 23.7 Å². The van der Waals surface area contributed by atoms with Crippen LogP contribution in [0.2, 0.25) is 0 Å². The first-order valence-electron chi connectivity index (χ1n) is 8.00. The van der Waals surface area contributed by atoms with Crippen molar-refractivity contribution in [1.29, 1.82) is 0 Å². The summed E-state index contributed by atoms with van der Waals surface area (Å²) in [5, 5.41) is 0. The standard InChI is InChI=1S/C19H18O5/c1-11(2)23-13-4-6-16-14(8-13)15(20)9-18(24-16)12-3-5-17-19(7-12)22-10-21-17/h3-8,11,18H,9-10H2,1-2H3/t18-/m0/s1. The topological polar surface area (TPSA) is 54.0 Å². The molecular weight excluding hydrogens is 308 g/mol. The van der Waals surface area contributed by atoms with Crippen molar-refractivity contribution >= 4 is 5.78 Å². The van der Waals surface area contributed by atoms with Crippen molar-refractivity contribution in [2.75, 3.05) is 6.79 Å². The summed E-state index contributed by atoms with van der Waals surface area (Å²) in [5.41, 5.74) is 1.48. The van der Waals surface area contributed by atoms with E-state index in [2.05, 4.69) is 0 Å². The minimum Gasteiger partial charge on any atom is -0.491 e. The highest BCUT2D eigenvalue weighted by Gasteiger charge is 2.29. The van der Waals surface area contributed by atoms with Crippen molar-refractivity contribution in [2.45, 2.75) is 32.5 Å². The lowest BCUT2D eigenvalue weighted by molar-refractivity contribution is 0.0848. The Labute approximate surface area is 140 Å². The van der Waals surface area contributed by atoms with Crippen molar-refractivity contribution in [3.63, 3.8) is 0 Å². The normalized spacial score (nSPS) is 18.3. The Balaban J connectivity index is 1.61. The number of ether oxygens (including phenoxy) is 4. The van der Waals surface area contributed by atoms with Crippen LogP contribution in [0.15, 0.2) is 36.4 Å². The van der Waals surface area contributed by atoms with Crippen LogP contribution in [0.25, 0.3) is 0 Å². The average Bonchev–Trinajstić information content (AvgIpc) is 3.02. The van der Waals surface area contributed by atoms with Crippen LogP contribution in [0.5, 0.6) is 23.0 Å². The molecule has 0 bridgehead atoms. The van der Waals surface area contributed by atoms with Gasteiger partial charge in [0, 0.05) is 0 Å². The first kappa shape index (κ1) is 14.9. The fourth-order valence-corrected chi connectivity index (χ4v) is 2.95. The minimum absolute atomic E-state index is 0.0492. The highest BCUT2D eigenvalue weighted by molar-refractivity contribution is 6.00. The molecule has 2 aliphatic rings. The van der Waals surface area contributed by atoms with Crippen molar-refractivity contribution in [3.05, 3.63) is 47.5 Å². The molecule has 24 heavy (non-hydrogen) atoms. The molecule has 0 fully saturated rings. The first-order chi connectivity index (χ1) is 11.6. The molecule has 0 amide bonds. The molecule has 0 spiro atoms. The SMILES string of the molecule is CC(C)Oc1ccc2c(c1)C(=O)C[C@@H](c1ccc3c(c1)OCO3)O2. The van der Waals surface area contributed by atoms with E-state index in [-0.39, 0.29) is 31.2 Å². The smallest absolute Gasteiger partial charge is 0.231 e. The van der Waals surface area contributed by atoms with E-state index in [1.54, 1.807) is 12.1 Å². The molecule has 0 radical (unpaired) electrons. The van der Waals surface area contributed by atoms with Crippen LogP contribution in [0.1, 0.15) is 42.3 Å². The molecule has 0 aromatic heterocycles. The van der Waals surface area contributed by atoms with Crippen LogP contribution < -0.4 is 18.9 Å². The maximum atomic E-state index is 12.5. The van der Waals surface area contributed by atoms with Gasteiger partial charge in [-0.25, -0.2) is 0 Å². The zero-order valence-corrected chi connectivity index (χ0v) is 13.6. The maximum Gasteiger partial charge on any atom is 0.231 e. The van der Waals surface area contributed by atoms with Gasteiger partial charge in [0.05, 0.1) is 18.1 Å². The number of rotatable bonds is 3. The summed E-state index contributed by atoms with van der Waals surface area (Å²) in [6.07, 6.45) is 0.0260. The molecule has 2 aromatic carbocycles. The molecule has 5 nitrogen and oxygen atoms in total. The fourth-order valence-electron chi connectivity index (χ4n) is 2.95. The summed E-state index contributed by atoms with van der Waals surface area (Å²) in [6, 6.07) is 11.0. The third-order valence-corrected chi connectivity index (χ3v) is 4.03. The zero-order chi connectivity index (χ0) is 16.7. The highest BCUT2D eigenvalue weighted by atomic mass is 16.7. The number of benzene rings is 2. The summed E-state index contributed by atoms with van der Waals surface area (Å²) in [4.78, 5) is 12.5. The van der Waals surface area contributed by atoms with Crippen LogP contribution >= 0.6 is 0 Å². The Morgan fingerprint density at radius 3 is 2.67 bits per heavy atom. The number of hydrogen-bond acceptors (Lipinski definition) is 5. The summed E-state index contributed by atoms with van der Waals surface area (Å²) in [6.45, 7) is 4.13. The first-order valence-corrected chi connectivity index (χ1v) is 8.00. The lowest BCUT2D eigenvalue weighted by Crippen LogP contribution is -2.20. The second kappa shape index (κ2) is 5.74. The Morgan fingerprint density at radius 1 is 1.04 bits per heavy atom. The van der Waals surface area contributed by atoms with Crippen LogP contribution in [-0.4, -0.2) is 18.7 Å². The van der Waals surface area contributed by atoms with E-state index >= 15 is 0 Å². The lowest BCUT2D eigenvalue weighted by atomic mass is 9.96. The van der Waals surface area contributed by atoms with Gasteiger partial charge in [-0.15, -0.1) is 0 Å². The Hall–Kier alpha value is -2.69. The molecule has 2 aliphatic heterocycles. The van der Waals surface area contributed by atoms with Gasteiger partial charge in [0.15, 0.2) is 17.3 Å². The van der Waals surface area contributed by atoms with Gasteiger partial charge in [-0.1, -0.05) is 6.07 Å². The molecule has 1 atom stereocenters. The van der Waals surface area contributed by atoms with Gasteiger partial charge in [-0.2, -0.15) is 0 Å². The van der Waals surface area contributed by atoms with Crippen molar-refractivity contribution in [3.8, 4) is 23.0 Å². The van der Waals surface area contributed by atoms with Gasteiger partial charge < -0.3 is 18.9 Å². The molecule has 0 unspecified atom stereocenters. The number of carbonyl (C=O) groups excluding carboxylic acids is 1. The molecular formula is C19H18O5. The van der Waals surface area contributed by atoms with E-state index in [1.807, 2.05) is 38.1 Å². The van der Waals surface area contributed by atoms with Gasteiger partial charge >= 0.3 is 0 Å². The Kier molecular flexibility index (Phi) is 3.56. The molecule has 0 N–H and O–H groups in total. The van der Waals surface area contributed by atoms with Gasteiger partial charge in [-0.3, -0.25) is 4.79 Å². The Morgan fingerprint density at radius 2 is 1.83 bits per heavy atom. The molecule has 0 saturated heterocycles. The van der Waals surface area contributed by atoms with E-state index in [0.29, 0.717) is 22.8 Å². The van der Waals surface area contributed by atoms with E-state index in [4.69, 9.17) is 18.9 Å². The number of fused-ring (bicyclic) bond motifs is 2. The highest BCUT2D eigenvalue weighted by Crippen LogP contribution is 2.40. The van der Waals surface area contributed by atoms with E-state index in [9.17, 15) is 4.79 Å². The molecule has 124 valence electrons. The van der Waals surface area contributed by atoms with E-state index in [0.717, 1.165) is 11.3 Å². The van der Waals surface area contributed by atoms with Gasteiger partial charge in [0.1, 0.15) is 17.6 Å². The predicted molar refractivity (Wildman–Crippen MR) is 87.1 cm³/mol. The maximum absolute atomic E-state index is 12.5. The quantitative estimate of drug-likeness (QED) is 0.856. The molecule has 0 saturated carbocycles. The summed E-state index contributed by atoms with van der Waals surface area (Å²) >= 11 is 0. The van der Waals surface area contributed by atoms with Gasteiger partial charge in [0.2, 0.25) is 6.79 Å². The van der Waals surface area contributed by atoms with Gasteiger partial charge in [-0.05, 0) is 49.7 Å².